The molecule has 4 nitrogen and oxygen atoms in total. The molecule has 1 aliphatic heterocycles. The topological polar surface area (TPSA) is 54.5 Å². The summed E-state index contributed by atoms with van der Waals surface area (Å²) in [6, 6.07) is 19.1. The van der Waals surface area contributed by atoms with Crippen LogP contribution in [0.3, 0.4) is 0 Å². The van der Waals surface area contributed by atoms with Gasteiger partial charge >= 0.3 is 0 Å². The Bertz CT molecular complexity index is 880. The summed E-state index contributed by atoms with van der Waals surface area (Å²) in [4.78, 5) is 14.5. The molecule has 1 amide bonds. The van der Waals surface area contributed by atoms with E-state index in [2.05, 4.69) is 0 Å². The summed E-state index contributed by atoms with van der Waals surface area (Å²) in [5.74, 6) is 1.21. The lowest BCUT2D eigenvalue weighted by molar-refractivity contribution is -0.116. The van der Waals surface area contributed by atoms with Gasteiger partial charge in [0.15, 0.2) is 9.84 Å². The summed E-state index contributed by atoms with van der Waals surface area (Å²) in [5.41, 5.74) is 1.90. The first-order chi connectivity index (χ1) is 13.1. The number of carbonyl (C=O) groups excluding carboxylic acids is 1. The molecule has 1 atom stereocenters. The van der Waals surface area contributed by atoms with Crippen molar-refractivity contribution >= 4 is 39.3 Å². The van der Waals surface area contributed by atoms with E-state index in [1.165, 1.54) is 11.8 Å². The zero-order valence-corrected chi connectivity index (χ0v) is 16.7. The fraction of sp³-hybridized carbons (Fsp3) is 0.286. The van der Waals surface area contributed by atoms with Crippen molar-refractivity contribution in [3.8, 4) is 0 Å². The summed E-state index contributed by atoms with van der Waals surface area (Å²) in [6.07, 6.45) is 4.58. The van der Waals surface area contributed by atoms with E-state index in [1.54, 1.807) is 4.90 Å². The maximum Gasteiger partial charge on any atom is 0.237 e. The van der Waals surface area contributed by atoms with Gasteiger partial charge in [-0.2, -0.15) is 0 Å². The van der Waals surface area contributed by atoms with Crippen LogP contribution in [0, 0.1) is 0 Å². The van der Waals surface area contributed by atoms with Crippen LogP contribution in [0.4, 0.5) is 5.69 Å². The zero-order valence-electron chi connectivity index (χ0n) is 15.0. The highest BCUT2D eigenvalue weighted by molar-refractivity contribution is 8.00. The van der Waals surface area contributed by atoms with E-state index in [0.717, 1.165) is 17.0 Å². The van der Waals surface area contributed by atoms with Gasteiger partial charge in [-0.1, -0.05) is 60.7 Å². The maximum atomic E-state index is 12.9. The molecule has 1 aliphatic rings. The van der Waals surface area contributed by atoms with Crippen LogP contribution in [0.5, 0.6) is 0 Å². The van der Waals surface area contributed by atoms with Gasteiger partial charge in [0.25, 0.3) is 0 Å². The Balaban J connectivity index is 1.61. The molecule has 1 fully saturated rings. The van der Waals surface area contributed by atoms with Crippen molar-refractivity contribution in [2.75, 3.05) is 27.9 Å². The van der Waals surface area contributed by atoms with Crippen molar-refractivity contribution in [1.82, 2.24) is 0 Å². The number of sulfone groups is 1. The van der Waals surface area contributed by atoms with Gasteiger partial charge in [0.2, 0.25) is 5.91 Å². The largest absolute Gasteiger partial charge is 0.308 e. The van der Waals surface area contributed by atoms with Crippen LogP contribution in [-0.2, 0) is 14.6 Å². The Labute approximate surface area is 165 Å². The summed E-state index contributed by atoms with van der Waals surface area (Å²) in [7, 11) is -3.05. The minimum Gasteiger partial charge on any atom is -0.308 e. The third-order valence-electron chi connectivity index (χ3n) is 4.43. The van der Waals surface area contributed by atoms with Crippen LogP contribution in [0.2, 0.25) is 0 Å². The molecule has 0 saturated carbocycles. The van der Waals surface area contributed by atoms with Crippen LogP contribution in [0.25, 0.3) is 6.08 Å². The standard InChI is InChI=1S/C21H23NO3S2/c23-21(16-26-14-7-10-18-8-3-1-4-9-18)22(19-11-5-2-6-12-19)20-13-15-27(24,25)17-20/h1-12,20H,13-17H2/b10-7+/t20-/m0/s1. The molecule has 2 aromatic rings. The van der Waals surface area contributed by atoms with Crippen molar-refractivity contribution in [3.05, 3.63) is 72.3 Å². The average Bonchev–Trinajstić information content (AvgIpc) is 3.03. The van der Waals surface area contributed by atoms with Gasteiger partial charge in [-0.15, -0.1) is 11.8 Å². The predicted octanol–water partition coefficient (Wildman–Crippen LogP) is 3.65. The number of rotatable bonds is 7. The quantitative estimate of drug-likeness (QED) is 0.665. The first kappa shape index (κ1) is 19.7. The molecular weight excluding hydrogens is 378 g/mol. The highest BCUT2D eigenvalue weighted by atomic mass is 32.2. The molecule has 2 aromatic carbocycles. The van der Waals surface area contributed by atoms with Crippen LogP contribution in [0.15, 0.2) is 66.7 Å². The molecule has 0 spiro atoms. The summed E-state index contributed by atoms with van der Waals surface area (Å²) < 4.78 is 23.8. The van der Waals surface area contributed by atoms with Gasteiger partial charge in [-0.3, -0.25) is 4.79 Å². The fourth-order valence-corrected chi connectivity index (χ4v) is 5.52. The predicted molar refractivity (Wildman–Crippen MR) is 114 cm³/mol. The summed E-state index contributed by atoms with van der Waals surface area (Å²) >= 11 is 1.53. The fourth-order valence-electron chi connectivity index (χ4n) is 3.16. The van der Waals surface area contributed by atoms with Gasteiger partial charge in [0, 0.05) is 11.4 Å². The highest BCUT2D eigenvalue weighted by Crippen LogP contribution is 2.25. The molecule has 142 valence electrons. The Morgan fingerprint density at radius 1 is 1.07 bits per heavy atom. The van der Waals surface area contributed by atoms with Gasteiger partial charge in [0.05, 0.1) is 23.3 Å². The van der Waals surface area contributed by atoms with Crippen molar-refractivity contribution < 1.29 is 13.2 Å². The number of benzene rings is 2. The van der Waals surface area contributed by atoms with E-state index in [-0.39, 0.29) is 23.5 Å². The lowest BCUT2D eigenvalue weighted by Crippen LogP contribution is -2.42. The molecule has 0 bridgehead atoms. The molecule has 0 aromatic heterocycles. The van der Waals surface area contributed by atoms with E-state index in [4.69, 9.17) is 0 Å². The first-order valence-corrected chi connectivity index (χ1v) is 11.9. The maximum absolute atomic E-state index is 12.9. The lowest BCUT2D eigenvalue weighted by Gasteiger charge is -2.28. The average molecular weight is 402 g/mol. The Morgan fingerprint density at radius 3 is 2.37 bits per heavy atom. The van der Waals surface area contributed by atoms with Crippen molar-refractivity contribution in [3.63, 3.8) is 0 Å². The highest BCUT2D eigenvalue weighted by Gasteiger charge is 2.35. The molecular formula is C21H23NO3S2. The minimum absolute atomic E-state index is 0.0404. The van der Waals surface area contributed by atoms with Gasteiger partial charge in [0.1, 0.15) is 0 Å². The second-order valence-corrected chi connectivity index (χ2v) is 9.74. The number of carbonyl (C=O) groups is 1. The van der Waals surface area contributed by atoms with E-state index in [0.29, 0.717) is 12.2 Å². The molecule has 0 aliphatic carbocycles. The van der Waals surface area contributed by atoms with E-state index in [1.807, 2.05) is 72.8 Å². The number of thioether (sulfide) groups is 1. The van der Waals surface area contributed by atoms with E-state index in [9.17, 15) is 13.2 Å². The first-order valence-electron chi connectivity index (χ1n) is 8.92. The lowest BCUT2D eigenvalue weighted by atomic mass is 10.2. The summed E-state index contributed by atoms with van der Waals surface area (Å²) in [5, 5.41) is 0. The monoisotopic (exact) mass is 401 g/mol. The molecule has 3 rings (SSSR count). The van der Waals surface area contributed by atoms with Crippen LogP contribution >= 0.6 is 11.8 Å². The van der Waals surface area contributed by atoms with E-state index < -0.39 is 9.84 Å². The molecule has 0 radical (unpaired) electrons. The molecule has 0 N–H and O–H groups in total. The SMILES string of the molecule is O=C(CSC/C=C/c1ccccc1)N(c1ccccc1)[C@H]1CCS(=O)(=O)C1. The smallest absolute Gasteiger partial charge is 0.237 e. The Kier molecular flexibility index (Phi) is 6.74. The third-order valence-corrected chi connectivity index (χ3v) is 7.06. The van der Waals surface area contributed by atoms with Crippen molar-refractivity contribution in [2.45, 2.75) is 12.5 Å². The molecule has 1 saturated heterocycles. The van der Waals surface area contributed by atoms with Crippen molar-refractivity contribution in [2.24, 2.45) is 0 Å². The third kappa shape index (κ3) is 5.71. The number of nitrogens with zero attached hydrogens (tertiary/aromatic N) is 1. The number of hydrogen-bond donors (Lipinski definition) is 0. The van der Waals surface area contributed by atoms with Crippen LogP contribution in [-0.4, -0.2) is 43.4 Å². The minimum atomic E-state index is -3.05. The molecule has 27 heavy (non-hydrogen) atoms. The van der Waals surface area contributed by atoms with Gasteiger partial charge < -0.3 is 4.90 Å². The van der Waals surface area contributed by atoms with Crippen molar-refractivity contribution in [1.29, 1.82) is 0 Å². The zero-order chi connectivity index (χ0) is 19.1. The van der Waals surface area contributed by atoms with Crippen LogP contribution in [0.1, 0.15) is 12.0 Å². The van der Waals surface area contributed by atoms with E-state index >= 15 is 0 Å². The van der Waals surface area contributed by atoms with Crippen LogP contribution < -0.4 is 4.90 Å². The second kappa shape index (κ2) is 9.24. The molecule has 0 unspecified atom stereocenters. The summed E-state index contributed by atoms with van der Waals surface area (Å²) in [6.45, 7) is 0. The Hall–Kier alpha value is -2.05. The molecule has 1 heterocycles. The number of anilines is 1. The molecule has 6 heteroatoms. The van der Waals surface area contributed by atoms with Gasteiger partial charge in [-0.05, 0) is 24.1 Å². The Morgan fingerprint density at radius 2 is 1.74 bits per heavy atom. The number of para-hydroxylation sites is 1. The second-order valence-electron chi connectivity index (χ2n) is 6.48. The number of hydrogen-bond acceptors (Lipinski definition) is 4. The van der Waals surface area contributed by atoms with Gasteiger partial charge in [-0.25, -0.2) is 8.42 Å². The normalized spacial score (nSPS) is 18.6. The number of amides is 1.